The van der Waals surface area contributed by atoms with Gasteiger partial charge in [-0.15, -0.1) is 24.0 Å². The third-order valence-electron chi connectivity index (χ3n) is 4.62. The molecule has 28 heavy (non-hydrogen) atoms. The normalized spacial score (nSPS) is 15.7. The third kappa shape index (κ3) is 8.43. The second kappa shape index (κ2) is 11.7. The summed E-state index contributed by atoms with van der Waals surface area (Å²) in [5, 5.41) is 4.04. The molecule has 8 heteroatoms. The highest BCUT2D eigenvalue weighted by Crippen LogP contribution is 2.24. The zero-order valence-electron chi connectivity index (χ0n) is 16.9. The number of guanidine groups is 1. The molecule has 1 aromatic rings. The van der Waals surface area contributed by atoms with Gasteiger partial charge in [0.2, 0.25) is 0 Å². The number of hydrogen-bond acceptors (Lipinski definition) is 3. The minimum atomic E-state index is -0.236. The Morgan fingerprint density at radius 1 is 1.39 bits per heavy atom. The molecule has 158 valence electrons. The maximum Gasteiger partial charge on any atom is 0.409 e. The van der Waals surface area contributed by atoms with Crippen molar-refractivity contribution >= 4 is 47.6 Å². The Morgan fingerprint density at radius 2 is 2.07 bits per heavy atom. The average molecular weight is 523 g/mol. The summed E-state index contributed by atoms with van der Waals surface area (Å²) in [7, 11) is 0. The van der Waals surface area contributed by atoms with Crippen LogP contribution in [0.4, 0.5) is 4.79 Å². The van der Waals surface area contributed by atoms with E-state index in [1.807, 2.05) is 25.1 Å². The average Bonchev–Trinajstić information content (AvgIpc) is 2.60. The molecule has 2 rings (SSSR count). The molecule has 3 N–H and O–H groups in total. The van der Waals surface area contributed by atoms with E-state index in [1.165, 1.54) is 5.56 Å². The molecule has 0 aliphatic carbocycles. The third-order valence-corrected chi connectivity index (χ3v) is 4.86. The van der Waals surface area contributed by atoms with Gasteiger partial charge in [-0.1, -0.05) is 37.6 Å². The predicted octanol–water partition coefficient (Wildman–Crippen LogP) is 4.05. The Labute approximate surface area is 190 Å². The molecular weight excluding hydrogens is 491 g/mol. The lowest BCUT2D eigenvalue weighted by atomic mass is 9.86. The summed E-state index contributed by atoms with van der Waals surface area (Å²) in [6, 6.07) is 8.15. The van der Waals surface area contributed by atoms with Crippen molar-refractivity contribution in [2.45, 2.75) is 46.1 Å². The molecule has 0 spiro atoms. The van der Waals surface area contributed by atoms with Crippen LogP contribution in [0.25, 0.3) is 0 Å². The van der Waals surface area contributed by atoms with Crippen molar-refractivity contribution in [3.05, 3.63) is 34.9 Å². The van der Waals surface area contributed by atoms with E-state index in [4.69, 9.17) is 22.1 Å². The number of nitrogens with zero attached hydrogens (tertiary/aromatic N) is 2. The van der Waals surface area contributed by atoms with Crippen LogP contribution in [-0.4, -0.2) is 49.2 Å². The summed E-state index contributed by atoms with van der Waals surface area (Å²) in [4.78, 5) is 18.0. The fourth-order valence-corrected chi connectivity index (χ4v) is 3.44. The number of ether oxygens (including phenoxy) is 1. The molecular formula is C20H32ClIN4O2. The molecule has 6 nitrogen and oxygen atoms in total. The number of amides is 1. The Hall–Kier alpha value is -1.22. The summed E-state index contributed by atoms with van der Waals surface area (Å²) in [6.45, 7) is 8.53. The van der Waals surface area contributed by atoms with Crippen LogP contribution >= 0.6 is 35.6 Å². The molecule has 0 unspecified atom stereocenters. The van der Waals surface area contributed by atoms with Crippen LogP contribution in [0.5, 0.6) is 0 Å². The number of carbonyl (C=O) groups is 1. The maximum absolute atomic E-state index is 11.7. The van der Waals surface area contributed by atoms with Crippen LogP contribution in [0, 0.1) is 5.41 Å². The first-order valence-corrected chi connectivity index (χ1v) is 9.89. The SMILES string of the molecule is CCOC(=O)N1CCC(NC(N)=NCC(C)(C)Cc2cccc(Cl)c2)CC1.I. The van der Waals surface area contributed by atoms with E-state index < -0.39 is 0 Å². The number of rotatable bonds is 6. The van der Waals surface area contributed by atoms with Gasteiger partial charge in [0, 0.05) is 30.7 Å². The largest absolute Gasteiger partial charge is 0.450 e. The fourth-order valence-electron chi connectivity index (χ4n) is 3.23. The van der Waals surface area contributed by atoms with E-state index in [0.29, 0.717) is 32.2 Å². The standard InChI is InChI=1S/C20H31ClN4O2.HI/c1-4-27-19(26)25-10-8-17(9-11-25)24-18(22)23-14-20(2,3)13-15-6-5-7-16(21)12-15;/h5-7,12,17H,4,8-11,13-14H2,1-3H3,(H3,22,23,24);1H. The van der Waals surface area contributed by atoms with Gasteiger partial charge in [-0.25, -0.2) is 4.79 Å². The zero-order valence-corrected chi connectivity index (χ0v) is 20.0. The first-order valence-electron chi connectivity index (χ1n) is 9.51. The molecule has 1 fully saturated rings. The van der Waals surface area contributed by atoms with Gasteiger partial charge >= 0.3 is 6.09 Å². The van der Waals surface area contributed by atoms with Crippen molar-refractivity contribution in [1.82, 2.24) is 10.2 Å². The summed E-state index contributed by atoms with van der Waals surface area (Å²) < 4.78 is 5.04. The van der Waals surface area contributed by atoms with Gasteiger partial charge in [-0.2, -0.15) is 0 Å². The van der Waals surface area contributed by atoms with Crippen LogP contribution in [0.3, 0.4) is 0 Å². The lowest BCUT2D eigenvalue weighted by molar-refractivity contribution is 0.0963. The van der Waals surface area contributed by atoms with Gasteiger partial charge in [0.05, 0.1) is 6.61 Å². The van der Waals surface area contributed by atoms with Gasteiger partial charge in [0.25, 0.3) is 0 Å². The van der Waals surface area contributed by atoms with E-state index in [1.54, 1.807) is 4.90 Å². The molecule has 0 bridgehead atoms. The second-order valence-corrected chi connectivity index (χ2v) is 8.21. The van der Waals surface area contributed by atoms with E-state index in [9.17, 15) is 4.79 Å². The summed E-state index contributed by atoms with van der Waals surface area (Å²) in [5.74, 6) is 0.462. The Balaban J connectivity index is 0.00000392. The fraction of sp³-hybridized carbons (Fsp3) is 0.600. The van der Waals surface area contributed by atoms with Crippen LogP contribution in [0.2, 0.25) is 5.02 Å². The summed E-state index contributed by atoms with van der Waals surface area (Å²) in [6.07, 6.45) is 2.31. The topological polar surface area (TPSA) is 80.0 Å². The lowest BCUT2D eigenvalue weighted by Crippen LogP contribution is -2.48. The molecule has 1 amide bonds. The molecule has 1 aromatic carbocycles. The number of likely N-dealkylation sites (tertiary alicyclic amines) is 1. The van der Waals surface area contributed by atoms with Gasteiger partial charge in [-0.05, 0) is 49.3 Å². The number of halogens is 2. The van der Waals surface area contributed by atoms with Crippen LogP contribution in [-0.2, 0) is 11.2 Å². The number of hydrogen-bond donors (Lipinski definition) is 2. The van der Waals surface area contributed by atoms with Crippen molar-refractivity contribution in [2.24, 2.45) is 16.1 Å². The number of nitrogens with one attached hydrogen (secondary N) is 1. The van der Waals surface area contributed by atoms with E-state index in [-0.39, 0.29) is 41.5 Å². The Bertz CT molecular complexity index is 661. The van der Waals surface area contributed by atoms with Gasteiger partial charge in [0.15, 0.2) is 5.96 Å². The smallest absolute Gasteiger partial charge is 0.409 e. The predicted molar refractivity (Wildman–Crippen MR) is 126 cm³/mol. The molecule has 0 atom stereocenters. The Kier molecular flexibility index (Phi) is 10.4. The zero-order chi connectivity index (χ0) is 19.9. The molecule has 0 saturated carbocycles. The maximum atomic E-state index is 11.7. The first-order chi connectivity index (χ1) is 12.8. The number of aliphatic imine (C=N–C) groups is 1. The lowest BCUT2D eigenvalue weighted by Gasteiger charge is -2.32. The molecule has 1 saturated heterocycles. The van der Waals surface area contributed by atoms with Gasteiger partial charge in [0.1, 0.15) is 0 Å². The Morgan fingerprint density at radius 3 is 2.68 bits per heavy atom. The molecule has 1 aliphatic heterocycles. The highest BCUT2D eigenvalue weighted by atomic mass is 127. The first kappa shape index (κ1) is 24.8. The minimum Gasteiger partial charge on any atom is -0.450 e. The molecule has 1 heterocycles. The molecule has 0 radical (unpaired) electrons. The summed E-state index contributed by atoms with van der Waals surface area (Å²) in [5.41, 5.74) is 7.26. The summed E-state index contributed by atoms with van der Waals surface area (Å²) >= 11 is 6.07. The van der Waals surface area contributed by atoms with Crippen molar-refractivity contribution in [3.8, 4) is 0 Å². The number of piperidine rings is 1. The van der Waals surface area contributed by atoms with Crippen LogP contribution < -0.4 is 11.1 Å². The number of carbonyl (C=O) groups excluding carboxylic acids is 1. The number of nitrogens with two attached hydrogens (primary N) is 1. The van der Waals surface area contributed by atoms with Crippen molar-refractivity contribution in [2.75, 3.05) is 26.2 Å². The second-order valence-electron chi connectivity index (χ2n) is 7.78. The molecule has 1 aliphatic rings. The van der Waals surface area contributed by atoms with E-state index >= 15 is 0 Å². The molecule has 0 aromatic heterocycles. The van der Waals surface area contributed by atoms with Crippen LogP contribution in [0.15, 0.2) is 29.3 Å². The van der Waals surface area contributed by atoms with Crippen LogP contribution in [0.1, 0.15) is 39.2 Å². The van der Waals surface area contributed by atoms with Crippen molar-refractivity contribution < 1.29 is 9.53 Å². The van der Waals surface area contributed by atoms with E-state index in [2.05, 4.69) is 30.2 Å². The highest BCUT2D eigenvalue weighted by Gasteiger charge is 2.24. The monoisotopic (exact) mass is 522 g/mol. The van der Waals surface area contributed by atoms with Crippen molar-refractivity contribution in [3.63, 3.8) is 0 Å². The number of benzene rings is 1. The quantitative estimate of drug-likeness (QED) is 0.336. The van der Waals surface area contributed by atoms with Crippen molar-refractivity contribution in [1.29, 1.82) is 0 Å². The highest BCUT2D eigenvalue weighted by molar-refractivity contribution is 14.0. The van der Waals surface area contributed by atoms with Gasteiger partial charge in [-0.3, -0.25) is 4.99 Å². The van der Waals surface area contributed by atoms with Gasteiger partial charge < -0.3 is 20.7 Å². The minimum absolute atomic E-state index is 0. The van der Waals surface area contributed by atoms with E-state index in [0.717, 1.165) is 24.3 Å².